The van der Waals surface area contributed by atoms with Gasteiger partial charge >= 0.3 is 6.18 Å². The molecule has 1 heterocycles. The second kappa shape index (κ2) is 7.06. The van der Waals surface area contributed by atoms with Crippen LogP contribution in [0.1, 0.15) is 12.8 Å². The van der Waals surface area contributed by atoms with Gasteiger partial charge in [0.05, 0.1) is 12.5 Å². The van der Waals surface area contributed by atoms with E-state index >= 15 is 0 Å². The highest BCUT2D eigenvalue weighted by Crippen LogP contribution is 2.34. The Bertz CT molecular complexity index is 523. The van der Waals surface area contributed by atoms with E-state index in [1.165, 1.54) is 0 Å². The van der Waals surface area contributed by atoms with E-state index in [4.69, 9.17) is 23.2 Å². The number of benzene rings is 1. The fourth-order valence-electron chi connectivity index (χ4n) is 2.45. The van der Waals surface area contributed by atoms with E-state index in [-0.39, 0.29) is 38.4 Å². The Morgan fingerprint density at radius 1 is 1.18 bits per heavy atom. The van der Waals surface area contributed by atoms with Gasteiger partial charge in [0.25, 0.3) is 0 Å². The summed E-state index contributed by atoms with van der Waals surface area (Å²) < 4.78 is 37.7. The van der Waals surface area contributed by atoms with Gasteiger partial charge in [-0.15, -0.1) is 0 Å². The molecule has 0 atom stereocenters. The molecule has 1 aliphatic heterocycles. The summed E-state index contributed by atoms with van der Waals surface area (Å²) in [6.07, 6.45) is -4.09. The normalized spacial score (nSPS) is 17.5. The summed E-state index contributed by atoms with van der Waals surface area (Å²) in [7, 11) is 0. The molecule has 0 saturated carbocycles. The molecule has 0 unspecified atom stereocenters. The SMILES string of the molecule is O=C(CN1CCC(C(F)(F)F)CC1)Nc1cc(Cl)cc(Cl)c1. The largest absolute Gasteiger partial charge is 0.391 e. The van der Waals surface area contributed by atoms with Crippen LogP contribution in [0.2, 0.25) is 10.0 Å². The lowest BCUT2D eigenvalue weighted by Crippen LogP contribution is -2.42. The molecule has 1 aromatic carbocycles. The van der Waals surface area contributed by atoms with E-state index in [1.807, 2.05) is 0 Å². The maximum absolute atomic E-state index is 12.6. The predicted molar refractivity (Wildman–Crippen MR) is 80.3 cm³/mol. The molecule has 0 aliphatic carbocycles. The number of likely N-dealkylation sites (tertiary alicyclic amines) is 1. The summed E-state index contributed by atoms with van der Waals surface area (Å²) in [5.74, 6) is -1.57. The number of nitrogens with zero attached hydrogens (tertiary/aromatic N) is 1. The number of nitrogens with one attached hydrogen (secondary N) is 1. The topological polar surface area (TPSA) is 32.3 Å². The predicted octanol–water partition coefficient (Wildman–Crippen LogP) is 4.21. The summed E-state index contributed by atoms with van der Waals surface area (Å²) in [5, 5.41) is 3.43. The lowest BCUT2D eigenvalue weighted by molar-refractivity contribution is -0.184. The van der Waals surface area contributed by atoms with Crippen LogP contribution in [0.15, 0.2) is 18.2 Å². The lowest BCUT2D eigenvalue weighted by Gasteiger charge is -2.32. The second-order valence-corrected chi connectivity index (χ2v) is 6.17. The van der Waals surface area contributed by atoms with Crippen molar-refractivity contribution in [2.75, 3.05) is 25.0 Å². The van der Waals surface area contributed by atoms with E-state index in [0.29, 0.717) is 15.7 Å². The molecule has 0 aromatic heterocycles. The average molecular weight is 355 g/mol. The Hall–Kier alpha value is -0.980. The molecule has 0 radical (unpaired) electrons. The molecule has 1 aliphatic rings. The molecule has 1 saturated heterocycles. The highest BCUT2D eigenvalue weighted by Gasteiger charge is 2.41. The smallest absolute Gasteiger partial charge is 0.325 e. The van der Waals surface area contributed by atoms with Crippen molar-refractivity contribution in [2.45, 2.75) is 19.0 Å². The number of carbonyl (C=O) groups excluding carboxylic acids is 1. The molecule has 8 heteroatoms. The summed E-state index contributed by atoms with van der Waals surface area (Å²) in [6.45, 7) is 0.566. The van der Waals surface area contributed by atoms with Gasteiger partial charge in [0.15, 0.2) is 0 Å². The minimum Gasteiger partial charge on any atom is -0.325 e. The number of piperidine rings is 1. The van der Waals surface area contributed by atoms with Gasteiger partial charge < -0.3 is 5.32 Å². The molecule has 3 nitrogen and oxygen atoms in total. The molecule has 1 amide bonds. The van der Waals surface area contributed by atoms with E-state index in [2.05, 4.69) is 5.32 Å². The van der Waals surface area contributed by atoms with E-state index in [9.17, 15) is 18.0 Å². The van der Waals surface area contributed by atoms with Crippen LogP contribution in [0.25, 0.3) is 0 Å². The number of amides is 1. The monoisotopic (exact) mass is 354 g/mol. The minimum absolute atomic E-state index is 0.0276. The second-order valence-electron chi connectivity index (χ2n) is 5.30. The third-order valence-electron chi connectivity index (χ3n) is 3.56. The zero-order valence-electron chi connectivity index (χ0n) is 11.6. The van der Waals surface area contributed by atoms with Crippen LogP contribution in [-0.2, 0) is 4.79 Å². The van der Waals surface area contributed by atoms with Gasteiger partial charge in [0.2, 0.25) is 5.91 Å². The van der Waals surface area contributed by atoms with Crippen molar-refractivity contribution in [1.82, 2.24) is 4.90 Å². The fraction of sp³-hybridized carbons (Fsp3) is 0.500. The Kier molecular flexibility index (Phi) is 5.58. The van der Waals surface area contributed by atoms with Crippen molar-refractivity contribution < 1.29 is 18.0 Å². The van der Waals surface area contributed by atoms with Crippen molar-refractivity contribution in [3.05, 3.63) is 28.2 Å². The van der Waals surface area contributed by atoms with Gasteiger partial charge in [0.1, 0.15) is 0 Å². The molecular formula is C14H15Cl2F3N2O. The number of anilines is 1. The van der Waals surface area contributed by atoms with Gasteiger partial charge in [0, 0.05) is 15.7 Å². The van der Waals surface area contributed by atoms with E-state index in [1.54, 1.807) is 23.1 Å². The molecule has 1 N–H and O–H groups in total. The van der Waals surface area contributed by atoms with Crippen LogP contribution >= 0.6 is 23.2 Å². The average Bonchev–Trinajstić information content (AvgIpc) is 2.36. The highest BCUT2D eigenvalue weighted by atomic mass is 35.5. The standard InChI is InChI=1S/C14H15Cl2F3N2O/c15-10-5-11(16)7-12(6-10)20-13(22)8-21-3-1-9(2-4-21)14(17,18)19/h5-7,9H,1-4,8H2,(H,20,22). The quantitative estimate of drug-likeness (QED) is 0.881. The fourth-order valence-corrected chi connectivity index (χ4v) is 2.97. The first-order valence-corrected chi connectivity index (χ1v) is 7.54. The molecule has 122 valence electrons. The first-order chi connectivity index (χ1) is 10.2. The molecular weight excluding hydrogens is 340 g/mol. The highest BCUT2D eigenvalue weighted by molar-refractivity contribution is 6.35. The summed E-state index contributed by atoms with van der Waals surface area (Å²) >= 11 is 11.7. The minimum atomic E-state index is -4.15. The van der Waals surface area contributed by atoms with Gasteiger partial charge in [-0.1, -0.05) is 23.2 Å². The Morgan fingerprint density at radius 3 is 2.23 bits per heavy atom. The summed E-state index contributed by atoms with van der Waals surface area (Å²) in [5.41, 5.74) is 0.465. The molecule has 1 aromatic rings. The third kappa shape index (κ3) is 5.04. The Balaban J connectivity index is 1.83. The molecule has 2 rings (SSSR count). The van der Waals surface area contributed by atoms with Crippen molar-refractivity contribution >= 4 is 34.8 Å². The van der Waals surface area contributed by atoms with Crippen LogP contribution in [-0.4, -0.2) is 36.6 Å². The van der Waals surface area contributed by atoms with Crippen LogP contribution in [0.3, 0.4) is 0 Å². The Morgan fingerprint density at radius 2 is 1.73 bits per heavy atom. The zero-order chi connectivity index (χ0) is 16.3. The van der Waals surface area contributed by atoms with Crippen LogP contribution in [0.4, 0.5) is 18.9 Å². The number of rotatable bonds is 3. The first kappa shape index (κ1) is 17.4. The number of hydrogen-bond donors (Lipinski definition) is 1. The Labute approximate surface area is 136 Å². The third-order valence-corrected chi connectivity index (χ3v) is 4.00. The number of alkyl halides is 3. The van der Waals surface area contributed by atoms with E-state index < -0.39 is 12.1 Å². The first-order valence-electron chi connectivity index (χ1n) is 6.79. The number of carbonyl (C=O) groups is 1. The maximum atomic E-state index is 12.6. The summed E-state index contributed by atoms with van der Waals surface area (Å²) in [6, 6.07) is 4.66. The zero-order valence-corrected chi connectivity index (χ0v) is 13.1. The van der Waals surface area contributed by atoms with Gasteiger partial charge in [-0.2, -0.15) is 13.2 Å². The van der Waals surface area contributed by atoms with Gasteiger partial charge in [-0.3, -0.25) is 9.69 Å². The van der Waals surface area contributed by atoms with Gasteiger partial charge in [-0.05, 0) is 44.1 Å². The summed E-state index contributed by atoms with van der Waals surface area (Å²) in [4.78, 5) is 13.6. The van der Waals surface area contributed by atoms with Crippen LogP contribution in [0.5, 0.6) is 0 Å². The van der Waals surface area contributed by atoms with E-state index in [0.717, 1.165) is 0 Å². The molecule has 1 fully saturated rings. The van der Waals surface area contributed by atoms with Crippen LogP contribution in [0, 0.1) is 5.92 Å². The number of halogens is 5. The van der Waals surface area contributed by atoms with Crippen LogP contribution < -0.4 is 5.32 Å². The van der Waals surface area contributed by atoms with Crippen molar-refractivity contribution in [3.8, 4) is 0 Å². The molecule has 22 heavy (non-hydrogen) atoms. The van der Waals surface area contributed by atoms with Crippen molar-refractivity contribution in [1.29, 1.82) is 0 Å². The van der Waals surface area contributed by atoms with Gasteiger partial charge in [-0.25, -0.2) is 0 Å². The lowest BCUT2D eigenvalue weighted by atomic mass is 9.96. The van der Waals surface area contributed by atoms with Crippen molar-refractivity contribution in [3.63, 3.8) is 0 Å². The maximum Gasteiger partial charge on any atom is 0.391 e. The molecule has 0 spiro atoms. The number of hydrogen-bond acceptors (Lipinski definition) is 2. The van der Waals surface area contributed by atoms with Crippen molar-refractivity contribution in [2.24, 2.45) is 5.92 Å². The molecule has 0 bridgehead atoms.